The normalized spacial score (nSPS) is 11.5. The van der Waals surface area contributed by atoms with Gasteiger partial charge in [0, 0.05) is 18.2 Å². The Morgan fingerprint density at radius 2 is 1.76 bits per heavy atom. The Morgan fingerprint density at radius 3 is 2.39 bits per heavy atom. The van der Waals surface area contributed by atoms with E-state index in [0.717, 1.165) is 29.5 Å². The Labute approximate surface area is 234 Å². The molecule has 2 aromatic heterocycles. The van der Waals surface area contributed by atoms with E-state index in [9.17, 15) is 9.59 Å². The molecule has 4 aromatic rings. The average Bonchev–Trinajstić information content (AvgIpc) is 3.41. The molecular weight excluding hydrogens is 551 g/mol. The molecule has 0 amide bonds. The van der Waals surface area contributed by atoms with Crippen LogP contribution in [-0.2, 0) is 21.5 Å². The van der Waals surface area contributed by atoms with Crippen molar-refractivity contribution in [2.24, 2.45) is 0 Å². The molecule has 2 heterocycles. The topological polar surface area (TPSA) is 100 Å². The summed E-state index contributed by atoms with van der Waals surface area (Å²) < 4.78 is 9.88. The molecule has 38 heavy (non-hydrogen) atoms. The highest BCUT2D eigenvalue weighted by atomic mass is 35.6. The first kappa shape index (κ1) is 27.8. The number of aromatic nitrogens is 4. The number of carbonyl (C=O) groups excluding carboxylic acids is 1. The highest BCUT2D eigenvalue weighted by Gasteiger charge is 2.31. The number of unbranched alkanes of at least 4 members (excludes halogenated alkanes) is 1. The molecule has 0 saturated heterocycles. The molecular formula is C27H25Cl3N4O4. The maximum Gasteiger partial charge on any atom is 0.345 e. The largest absolute Gasteiger partial charge is 0.462 e. The summed E-state index contributed by atoms with van der Waals surface area (Å²) >= 11 is 17.6. The van der Waals surface area contributed by atoms with Crippen molar-refractivity contribution in [3.63, 3.8) is 0 Å². The number of nitrogens with zero attached hydrogens (tertiary/aromatic N) is 4. The van der Waals surface area contributed by atoms with Gasteiger partial charge >= 0.3 is 5.97 Å². The van der Waals surface area contributed by atoms with Crippen molar-refractivity contribution < 1.29 is 14.1 Å². The smallest absolute Gasteiger partial charge is 0.345 e. The Kier molecular flexibility index (Phi) is 8.87. The summed E-state index contributed by atoms with van der Waals surface area (Å²) in [6.45, 7) is 4.20. The SMILES string of the molecule is CCCCc1ncc(C(=O)OCC)c(=O)n1Cc1ccc(-c2ccccc2-c2noc(C(Cl)(Cl)Cl)n2)cc1. The first-order chi connectivity index (χ1) is 18.2. The van der Waals surface area contributed by atoms with Gasteiger partial charge in [-0.3, -0.25) is 9.36 Å². The maximum absolute atomic E-state index is 13.2. The molecule has 0 atom stereocenters. The number of hydrogen-bond donors (Lipinski definition) is 0. The van der Waals surface area contributed by atoms with Gasteiger partial charge in [0.2, 0.25) is 5.82 Å². The molecule has 0 radical (unpaired) electrons. The van der Waals surface area contributed by atoms with Crippen molar-refractivity contribution in [1.29, 1.82) is 0 Å². The second kappa shape index (κ2) is 12.1. The fraction of sp³-hybridized carbons (Fsp3) is 0.296. The molecule has 0 unspecified atom stereocenters. The fourth-order valence-electron chi connectivity index (χ4n) is 3.92. The van der Waals surface area contributed by atoms with Crippen LogP contribution in [0.2, 0.25) is 0 Å². The summed E-state index contributed by atoms with van der Waals surface area (Å²) in [5.74, 6) is 0.124. The van der Waals surface area contributed by atoms with Crippen molar-refractivity contribution in [2.75, 3.05) is 6.61 Å². The van der Waals surface area contributed by atoms with E-state index in [0.29, 0.717) is 23.6 Å². The predicted molar refractivity (Wildman–Crippen MR) is 147 cm³/mol. The van der Waals surface area contributed by atoms with Crippen LogP contribution in [0.4, 0.5) is 0 Å². The van der Waals surface area contributed by atoms with E-state index in [1.165, 1.54) is 6.20 Å². The minimum atomic E-state index is -1.82. The minimum absolute atomic E-state index is 0.0769. The third kappa shape index (κ3) is 6.26. The molecule has 4 rings (SSSR count). The Bertz CT molecular complexity index is 1480. The van der Waals surface area contributed by atoms with Gasteiger partial charge in [0.1, 0.15) is 11.4 Å². The van der Waals surface area contributed by atoms with Crippen LogP contribution in [0.25, 0.3) is 22.5 Å². The Morgan fingerprint density at radius 1 is 1.05 bits per heavy atom. The first-order valence-corrected chi connectivity index (χ1v) is 13.2. The summed E-state index contributed by atoms with van der Waals surface area (Å²) in [7, 11) is 0. The zero-order valence-electron chi connectivity index (χ0n) is 20.8. The van der Waals surface area contributed by atoms with Gasteiger partial charge in [-0.2, -0.15) is 4.98 Å². The quantitative estimate of drug-likeness (QED) is 0.169. The lowest BCUT2D eigenvalue weighted by molar-refractivity contribution is 0.0522. The van der Waals surface area contributed by atoms with Gasteiger partial charge < -0.3 is 9.26 Å². The molecule has 0 fully saturated rings. The predicted octanol–water partition coefficient (Wildman–Crippen LogP) is 6.35. The summed E-state index contributed by atoms with van der Waals surface area (Å²) in [6, 6.07) is 15.2. The monoisotopic (exact) mass is 574 g/mol. The van der Waals surface area contributed by atoms with Gasteiger partial charge in [0.15, 0.2) is 0 Å². The minimum Gasteiger partial charge on any atom is -0.462 e. The standard InChI is InChI=1S/C27H25Cl3N4O4/c1-3-5-10-22-31-15-21(25(36)37-4-2)24(35)34(22)16-17-11-13-18(14-12-17)19-8-6-7-9-20(19)23-32-26(38-33-23)27(28,29)30/h6-9,11-15H,3-5,10,16H2,1-2H3. The van der Waals surface area contributed by atoms with E-state index >= 15 is 0 Å². The molecule has 0 aliphatic carbocycles. The molecule has 11 heteroatoms. The van der Waals surface area contributed by atoms with Crippen LogP contribution >= 0.6 is 34.8 Å². The van der Waals surface area contributed by atoms with Crippen molar-refractivity contribution in [1.82, 2.24) is 19.7 Å². The zero-order chi connectivity index (χ0) is 27.3. The zero-order valence-corrected chi connectivity index (χ0v) is 23.1. The van der Waals surface area contributed by atoms with Crippen LogP contribution in [0.3, 0.4) is 0 Å². The summed E-state index contributed by atoms with van der Waals surface area (Å²) in [5.41, 5.74) is 2.82. The molecule has 0 saturated carbocycles. The third-order valence-electron chi connectivity index (χ3n) is 5.82. The summed E-state index contributed by atoms with van der Waals surface area (Å²) in [6.07, 6.45) is 3.76. The van der Waals surface area contributed by atoms with Crippen molar-refractivity contribution in [3.8, 4) is 22.5 Å². The van der Waals surface area contributed by atoms with Crippen LogP contribution in [0, 0.1) is 0 Å². The number of esters is 1. The highest BCUT2D eigenvalue weighted by Crippen LogP contribution is 2.38. The van der Waals surface area contributed by atoms with Crippen LogP contribution < -0.4 is 5.56 Å². The van der Waals surface area contributed by atoms with Crippen molar-refractivity contribution in [2.45, 2.75) is 43.4 Å². The fourth-order valence-corrected chi connectivity index (χ4v) is 4.15. The van der Waals surface area contributed by atoms with E-state index < -0.39 is 15.3 Å². The van der Waals surface area contributed by atoms with E-state index in [4.69, 9.17) is 44.1 Å². The Hall–Kier alpha value is -3.20. The van der Waals surface area contributed by atoms with Gasteiger partial charge in [0.05, 0.1) is 13.2 Å². The molecule has 0 aliphatic rings. The van der Waals surface area contributed by atoms with E-state index in [2.05, 4.69) is 22.0 Å². The molecule has 2 aromatic carbocycles. The molecule has 0 bridgehead atoms. The van der Waals surface area contributed by atoms with Gasteiger partial charge in [-0.1, -0.05) is 102 Å². The molecule has 0 N–H and O–H groups in total. The second-order valence-corrected chi connectivity index (χ2v) is 10.7. The average molecular weight is 576 g/mol. The molecule has 0 spiro atoms. The molecule has 8 nitrogen and oxygen atoms in total. The first-order valence-electron chi connectivity index (χ1n) is 12.1. The van der Waals surface area contributed by atoms with E-state index in [-0.39, 0.29) is 24.6 Å². The molecule has 198 valence electrons. The lowest BCUT2D eigenvalue weighted by Gasteiger charge is -2.14. The van der Waals surface area contributed by atoms with Crippen LogP contribution in [0.1, 0.15) is 54.3 Å². The van der Waals surface area contributed by atoms with Gasteiger partial charge in [-0.15, -0.1) is 0 Å². The number of aryl methyl sites for hydroxylation is 1. The summed E-state index contributed by atoms with van der Waals surface area (Å²) in [4.78, 5) is 34.1. The van der Waals surface area contributed by atoms with Crippen LogP contribution in [0.15, 0.2) is 64.0 Å². The number of halogens is 3. The van der Waals surface area contributed by atoms with E-state index in [1.807, 2.05) is 48.5 Å². The van der Waals surface area contributed by atoms with Crippen LogP contribution in [-0.4, -0.2) is 32.3 Å². The lowest BCUT2D eigenvalue weighted by atomic mass is 9.98. The number of ether oxygens (including phenoxy) is 1. The maximum atomic E-state index is 13.2. The molecule has 0 aliphatic heterocycles. The number of benzene rings is 2. The second-order valence-electron chi connectivity index (χ2n) is 8.47. The number of rotatable bonds is 9. The van der Waals surface area contributed by atoms with Gasteiger partial charge in [-0.25, -0.2) is 9.78 Å². The van der Waals surface area contributed by atoms with Gasteiger partial charge in [-0.05, 0) is 30.0 Å². The lowest BCUT2D eigenvalue weighted by Crippen LogP contribution is -2.31. The Balaban J connectivity index is 1.65. The number of alkyl halides is 3. The summed E-state index contributed by atoms with van der Waals surface area (Å²) in [5, 5.41) is 3.97. The third-order valence-corrected chi connectivity index (χ3v) is 6.31. The number of hydrogen-bond acceptors (Lipinski definition) is 7. The van der Waals surface area contributed by atoms with E-state index in [1.54, 1.807) is 11.5 Å². The highest BCUT2D eigenvalue weighted by molar-refractivity contribution is 6.66. The van der Waals surface area contributed by atoms with Crippen molar-refractivity contribution >= 4 is 40.8 Å². The van der Waals surface area contributed by atoms with Crippen LogP contribution in [0.5, 0.6) is 0 Å². The van der Waals surface area contributed by atoms with Crippen molar-refractivity contribution in [3.05, 3.63) is 87.9 Å². The number of carbonyl (C=O) groups is 1. The van der Waals surface area contributed by atoms with Gasteiger partial charge in [0.25, 0.3) is 15.2 Å².